The van der Waals surface area contributed by atoms with E-state index in [1.54, 1.807) is 0 Å². The first-order valence-corrected chi connectivity index (χ1v) is 9.26. The first-order chi connectivity index (χ1) is 11.7. The van der Waals surface area contributed by atoms with Crippen LogP contribution in [-0.4, -0.2) is 28.0 Å². The highest BCUT2D eigenvalue weighted by Gasteiger charge is 2.22. The van der Waals surface area contributed by atoms with E-state index in [1.165, 1.54) is 24.8 Å². The lowest BCUT2D eigenvalue weighted by atomic mass is 9.99. The van der Waals surface area contributed by atoms with Gasteiger partial charge in [-0.2, -0.15) is 0 Å². The standard InChI is InChI=1S/C17H22N2O5S.ClH/c1-11(2)12-4-6-13(7-5-12)14(18)10-19-25(21,22)16-9-8-15(24-16)17(20)23-3;/h4-9,11,14,19H,10,18H2,1-3H3;1H. The number of nitrogens with one attached hydrogen (secondary N) is 1. The molecule has 0 aliphatic carbocycles. The van der Waals surface area contributed by atoms with E-state index in [0.29, 0.717) is 5.92 Å². The van der Waals surface area contributed by atoms with E-state index in [1.807, 2.05) is 24.3 Å². The number of nitrogens with two attached hydrogens (primary N) is 1. The zero-order valence-electron chi connectivity index (χ0n) is 14.8. The van der Waals surface area contributed by atoms with Crippen LogP contribution < -0.4 is 10.5 Å². The van der Waals surface area contributed by atoms with Crippen LogP contribution in [0.2, 0.25) is 0 Å². The van der Waals surface area contributed by atoms with Crippen molar-refractivity contribution >= 4 is 28.4 Å². The van der Waals surface area contributed by atoms with Gasteiger partial charge in [-0.1, -0.05) is 38.1 Å². The zero-order chi connectivity index (χ0) is 18.6. The molecule has 0 fully saturated rings. The van der Waals surface area contributed by atoms with E-state index in [9.17, 15) is 13.2 Å². The lowest BCUT2D eigenvalue weighted by molar-refractivity contribution is 0.0559. The largest absolute Gasteiger partial charge is 0.463 e. The number of esters is 1. The van der Waals surface area contributed by atoms with Gasteiger partial charge in [0.25, 0.3) is 10.0 Å². The lowest BCUT2D eigenvalue weighted by Gasteiger charge is -2.14. The van der Waals surface area contributed by atoms with Crippen LogP contribution in [0.1, 0.15) is 47.5 Å². The molecule has 2 rings (SSSR count). The lowest BCUT2D eigenvalue weighted by Crippen LogP contribution is -2.31. The topological polar surface area (TPSA) is 112 Å². The number of hydrogen-bond acceptors (Lipinski definition) is 6. The summed E-state index contributed by atoms with van der Waals surface area (Å²) in [5, 5.41) is -0.366. The summed E-state index contributed by atoms with van der Waals surface area (Å²) in [5.41, 5.74) is 8.05. The molecule has 1 heterocycles. The molecule has 7 nitrogen and oxygen atoms in total. The Hall–Kier alpha value is -1.87. The third-order valence-electron chi connectivity index (χ3n) is 3.76. The Labute approximate surface area is 159 Å². The maximum absolute atomic E-state index is 12.2. The Bertz CT molecular complexity index is 831. The minimum atomic E-state index is -3.91. The quantitative estimate of drug-likeness (QED) is 0.688. The summed E-state index contributed by atoms with van der Waals surface area (Å²) >= 11 is 0. The van der Waals surface area contributed by atoms with E-state index in [-0.39, 0.29) is 29.8 Å². The number of rotatable bonds is 7. The van der Waals surface area contributed by atoms with Crippen molar-refractivity contribution in [3.05, 3.63) is 53.3 Å². The minimum absolute atomic E-state index is 0. The summed E-state index contributed by atoms with van der Waals surface area (Å²) in [6.07, 6.45) is 0. The van der Waals surface area contributed by atoms with Crippen LogP contribution in [-0.2, 0) is 14.8 Å². The van der Waals surface area contributed by atoms with Gasteiger partial charge in [0.15, 0.2) is 0 Å². The van der Waals surface area contributed by atoms with Crippen LogP contribution in [0.15, 0.2) is 45.9 Å². The SMILES string of the molecule is COC(=O)c1ccc(S(=O)(=O)NCC(N)c2ccc(C(C)C)cc2)o1.Cl. The number of sulfonamides is 1. The summed E-state index contributed by atoms with van der Waals surface area (Å²) in [5.74, 6) is -0.522. The Kier molecular flexibility index (Phi) is 7.83. The van der Waals surface area contributed by atoms with Crippen LogP contribution in [0.25, 0.3) is 0 Å². The number of benzene rings is 1. The van der Waals surface area contributed by atoms with Gasteiger partial charge in [0.1, 0.15) is 0 Å². The van der Waals surface area contributed by atoms with E-state index in [2.05, 4.69) is 23.3 Å². The van der Waals surface area contributed by atoms with E-state index in [4.69, 9.17) is 10.2 Å². The number of furan rings is 1. The first-order valence-electron chi connectivity index (χ1n) is 7.78. The Morgan fingerprint density at radius 2 is 1.73 bits per heavy atom. The van der Waals surface area contributed by atoms with Gasteiger partial charge in [-0.3, -0.25) is 0 Å². The van der Waals surface area contributed by atoms with Gasteiger partial charge < -0.3 is 14.9 Å². The number of carbonyl (C=O) groups is 1. The molecular formula is C17H23ClN2O5S. The molecule has 1 atom stereocenters. The summed E-state index contributed by atoms with van der Waals surface area (Å²) in [6, 6.07) is 9.65. The van der Waals surface area contributed by atoms with Gasteiger partial charge in [0.05, 0.1) is 7.11 Å². The number of methoxy groups -OCH3 is 1. The molecule has 0 aliphatic rings. The highest BCUT2D eigenvalue weighted by molar-refractivity contribution is 7.89. The van der Waals surface area contributed by atoms with Gasteiger partial charge in [0, 0.05) is 12.6 Å². The summed E-state index contributed by atoms with van der Waals surface area (Å²) in [7, 11) is -2.73. The molecular weight excluding hydrogens is 380 g/mol. The number of carbonyl (C=O) groups excluding carboxylic acids is 1. The van der Waals surface area contributed by atoms with Crippen molar-refractivity contribution in [2.75, 3.05) is 13.7 Å². The Morgan fingerprint density at radius 1 is 1.15 bits per heavy atom. The van der Waals surface area contributed by atoms with Gasteiger partial charge in [-0.15, -0.1) is 12.4 Å². The predicted octanol–water partition coefficient (Wildman–Crippen LogP) is 2.59. The van der Waals surface area contributed by atoms with Gasteiger partial charge in [0.2, 0.25) is 10.9 Å². The van der Waals surface area contributed by atoms with Gasteiger partial charge >= 0.3 is 5.97 Å². The van der Waals surface area contributed by atoms with Crippen LogP contribution in [0, 0.1) is 0 Å². The summed E-state index contributed by atoms with van der Waals surface area (Å²) in [6.45, 7) is 4.18. The normalized spacial score (nSPS) is 12.5. The molecule has 26 heavy (non-hydrogen) atoms. The monoisotopic (exact) mass is 402 g/mol. The Balaban J connectivity index is 0.00000338. The molecule has 0 saturated heterocycles. The maximum Gasteiger partial charge on any atom is 0.374 e. The van der Waals surface area contributed by atoms with E-state index < -0.39 is 22.0 Å². The van der Waals surface area contributed by atoms with Crippen molar-refractivity contribution < 1.29 is 22.4 Å². The molecule has 0 bridgehead atoms. The predicted molar refractivity (Wildman–Crippen MR) is 99.9 cm³/mol. The van der Waals surface area contributed by atoms with Crippen molar-refractivity contribution in [2.24, 2.45) is 5.73 Å². The van der Waals surface area contributed by atoms with Crippen LogP contribution in [0.5, 0.6) is 0 Å². The second kappa shape index (κ2) is 9.18. The molecule has 1 unspecified atom stereocenters. The fourth-order valence-electron chi connectivity index (χ4n) is 2.19. The second-order valence-corrected chi connectivity index (χ2v) is 7.59. The van der Waals surface area contributed by atoms with E-state index in [0.717, 1.165) is 5.56 Å². The minimum Gasteiger partial charge on any atom is -0.463 e. The van der Waals surface area contributed by atoms with Crippen molar-refractivity contribution in [3.8, 4) is 0 Å². The molecule has 1 aromatic carbocycles. The van der Waals surface area contributed by atoms with Gasteiger partial charge in [-0.05, 0) is 29.2 Å². The number of hydrogen-bond donors (Lipinski definition) is 2. The third kappa shape index (κ3) is 5.31. The second-order valence-electron chi connectivity index (χ2n) is 5.89. The maximum atomic E-state index is 12.2. The van der Waals surface area contributed by atoms with Crippen molar-refractivity contribution in [1.29, 1.82) is 0 Å². The molecule has 0 radical (unpaired) electrons. The molecule has 0 amide bonds. The average Bonchev–Trinajstić information content (AvgIpc) is 3.10. The van der Waals surface area contributed by atoms with Crippen molar-refractivity contribution in [1.82, 2.24) is 4.72 Å². The summed E-state index contributed by atoms with van der Waals surface area (Å²) in [4.78, 5) is 11.3. The molecule has 0 saturated carbocycles. The zero-order valence-corrected chi connectivity index (χ0v) is 16.4. The molecule has 3 N–H and O–H groups in total. The smallest absolute Gasteiger partial charge is 0.374 e. The molecule has 0 spiro atoms. The number of halogens is 1. The molecule has 144 valence electrons. The van der Waals surface area contributed by atoms with Crippen molar-refractivity contribution in [2.45, 2.75) is 30.9 Å². The highest BCUT2D eigenvalue weighted by Crippen LogP contribution is 2.18. The van der Waals surface area contributed by atoms with Crippen molar-refractivity contribution in [3.63, 3.8) is 0 Å². The first kappa shape index (κ1) is 22.2. The number of ether oxygens (including phenoxy) is 1. The average molecular weight is 403 g/mol. The highest BCUT2D eigenvalue weighted by atomic mass is 35.5. The van der Waals surface area contributed by atoms with E-state index >= 15 is 0 Å². The molecule has 2 aromatic rings. The molecule has 1 aromatic heterocycles. The van der Waals surface area contributed by atoms with Crippen LogP contribution in [0.4, 0.5) is 0 Å². The molecule has 0 aliphatic heterocycles. The Morgan fingerprint density at radius 3 is 2.27 bits per heavy atom. The fourth-order valence-corrected chi connectivity index (χ4v) is 3.18. The third-order valence-corrected chi connectivity index (χ3v) is 5.05. The van der Waals surface area contributed by atoms with Crippen LogP contribution in [0.3, 0.4) is 0 Å². The van der Waals surface area contributed by atoms with Crippen LogP contribution >= 0.6 is 12.4 Å². The summed E-state index contributed by atoms with van der Waals surface area (Å²) < 4.78 is 36.3. The van der Waals surface area contributed by atoms with Gasteiger partial charge in [-0.25, -0.2) is 17.9 Å². The fraction of sp³-hybridized carbons (Fsp3) is 0.353. The molecule has 9 heteroatoms.